The van der Waals surface area contributed by atoms with E-state index in [2.05, 4.69) is 150 Å². The molecular weight excluding hydrogens is 1700 g/mol. The average molecular weight is 1840 g/mol. The number of amides is 8. The molecule has 1 heterocycles. The molecule has 32 heteroatoms. The predicted molar refractivity (Wildman–Crippen MR) is 514 cm³/mol. The van der Waals surface area contributed by atoms with E-state index < -0.39 is 81.5 Å². The lowest BCUT2D eigenvalue weighted by Gasteiger charge is -2.27. The van der Waals surface area contributed by atoms with Gasteiger partial charge in [0.15, 0.2) is 0 Å². The third kappa shape index (κ3) is 34.3. The van der Waals surface area contributed by atoms with E-state index in [1.165, 1.54) is 47.0 Å². The first-order chi connectivity index (χ1) is 60.6. The maximum atomic E-state index is 13.8. The lowest BCUT2D eigenvalue weighted by Crippen LogP contribution is -2.52. The van der Waals surface area contributed by atoms with Crippen molar-refractivity contribution in [1.29, 1.82) is 0 Å². The average Bonchev–Trinajstić information content (AvgIpc) is 0.758. The number of nitrogens with one attached hydrogen (secondary N) is 8. The molecule has 1 aliphatic rings. The molecule has 6 aromatic rings. The summed E-state index contributed by atoms with van der Waals surface area (Å²) in [5, 5.41) is 49.0. The summed E-state index contributed by atoms with van der Waals surface area (Å²) in [7, 11) is 0. The molecule has 6 unspecified atom stereocenters. The minimum Gasteiger partial charge on any atom is -0.506 e. The van der Waals surface area contributed by atoms with Gasteiger partial charge in [0.05, 0.1) is 63.3 Å². The van der Waals surface area contributed by atoms with Gasteiger partial charge in [0.2, 0.25) is 35.4 Å². The Morgan fingerprint density at radius 1 is 0.312 bits per heavy atom. The normalized spacial score (nSPS) is 13.8. The molecule has 0 aromatic heterocycles. The van der Waals surface area contributed by atoms with Gasteiger partial charge in [0, 0.05) is 50.4 Å². The molecule has 0 spiro atoms. The van der Waals surface area contributed by atoms with Crippen molar-refractivity contribution < 1.29 is 58.0 Å². The summed E-state index contributed by atoms with van der Waals surface area (Å²) in [6.07, 6.45) is 10.2. The number of aromatic hydroxyl groups is 2. The molecule has 8 amide bonds. The van der Waals surface area contributed by atoms with Crippen LogP contribution in [0.3, 0.4) is 0 Å². The molecule has 0 radical (unpaired) electrons. The third-order valence-corrected chi connectivity index (χ3v) is 26.2. The Kier molecular flexibility index (Phi) is 43.1. The topological polar surface area (TPSA) is 500 Å². The highest BCUT2D eigenvalue weighted by atomic mass is 32.2. The Bertz CT molecular complexity index is 4260. The summed E-state index contributed by atoms with van der Waals surface area (Å²) in [5.41, 5.74) is 51.6. The number of phenols is 2. The lowest BCUT2D eigenvalue weighted by molar-refractivity contribution is -0.129. The summed E-state index contributed by atoms with van der Waals surface area (Å²) in [6, 6.07) is 25.8. The number of rotatable bonds is 48. The predicted octanol–water partition coefficient (Wildman–Crippen LogP) is 11.4. The van der Waals surface area contributed by atoms with E-state index in [1.54, 1.807) is 24.3 Å². The molecule has 26 N–H and O–H groups in total. The lowest BCUT2D eigenvalue weighted by atomic mass is 9.87. The molecule has 704 valence electrons. The van der Waals surface area contributed by atoms with E-state index in [0.29, 0.717) is 178 Å². The molecule has 8 bridgehead atoms. The number of benzene rings is 6. The molecule has 0 saturated carbocycles. The standard InChI is InChI=1S/C96H144N16O12S4/c1-93(2,3)63-49-73-81(113)74(50-63)126-78-54-66(96(10,11)12)56-80(84(78)124-58-60-33-37-62(38-34-60)86(116)108-46-48-110-92(122)72(112-90(120)70(104)28-16-22-42-100)30-18-24-44-106-88(118)68(102)26-14-20-40-98)128-76-52-64(94(4,5)6)51-75(82(76)114)127-79-55-65(95(7,8)9)53-77(125-73)83(79)123-57-59-31-35-61(36-32-59)85(115)107-45-47-109-91(121)71(111-89(119)69(103)27-15-21-41-99)29-17-23-43-105-87(117)67(101)25-13-19-39-97/h31-38,49-56,67-72,113-114H,13-30,39-48,57-58,97-104H2,1-12H3,(H,105,117)(H,106,118)(H,107,115)(H,108,116)(H,109,121)(H,110,122)(H,111,119)(H,112,120). The first-order valence-electron chi connectivity index (χ1n) is 45.0. The van der Waals surface area contributed by atoms with E-state index in [-0.39, 0.29) is 87.4 Å². The van der Waals surface area contributed by atoms with Gasteiger partial charge in [-0.3, -0.25) is 38.4 Å². The van der Waals surface area contributed by atoms with Crippen molar-refractivity contribution in [2.24, 2.45) is 45.9 Å². The van der Waals surface area contributed by atoms with Crippen LogP contribution in [0.25, 0.3) is 0 Å². The van der Waals surface area contributed by atoms with E-state index in [1.807, 2.05) is 48.5 Å². The summed E-state index contributed by atoms with van der Waals surface area (Å²) >= 11 is 5.54. The largest absolute Gasteiger partial charge is 0.506 e. The summed E-state index contributed by atoms with van der Waals surface area (Å²) in [6.45, 7) is 28.7. The molecule has 0 saturated heterocycles. The zero-order chi connectivity index (χ0) is 94.1. The quantitative estimate of drug-likeness (QED) is 0.0158. The smallest absolute Gasteiger partial charge is 0.251 e. The van der Waals surface area contributed by atoms with Crippen molar-refractivity contribution in [2.75, 3.05) is 65.4 Å². The van der Waals surface area contributed by atoms with Crippen molar-refractivity contribution in [3.8, 4) is 23.0 Å². The van der Waals surface area contributed by atoms with Crippen molar-refractivity contribution in [2.45, 2.75) is 309 Å². The Morgan fingerprint density at radius 3 is 0.820 bits per heavy atom. The van der Waals surface area contributed by atoms with Crippen LogP contribution in [0, 0.1) is 0 Å². The van der Waals surface area contributed by atoms with Gasteiger partial charge in [0.25, 0.3) is 11.8 Å². The molecule has 0 aliphatic carbocycles. The van der Waals surface area contributed by atoms with Gasteiger partial charge in [-0.1, -0.05) is 180 Å². The Morgan fingerprint density at radius 2 is 0.555 bits per heavy atom. The number of fused-ring (bicyclic) bond motifs is 8. The number of phenolic OH excluding ortho intramolecular Hbond substituents is 2. The van der Waals surface area contributed by atoms with Crippen LogP contribution in [-0.4, -0.2) is 159 Å². The molecule has 0 fully saturated rings. The summed E-state index contributed by atoms with van der Waals surface area (Å²) < 4.78 is 14.2. The number of carbonyl (C=O) groups is 8. The fraction of sp³-hybridized carbons (Fsp3) is 0.542. The maximum Gasteiger partial charge on any atom is 0.251 e. The Balaban J connectivity index is 1.12. The van der Waals surface area contributed by atoms with Crippen LogP contribution in [0.2, 0.25) is 0 Å². The highest BCUT2D eigenvalue weighted by Gasteiger charge is 2.33. The van der Waals surface area contributed by atoms with Crippen LogP contribution in [0.1, 0.15) is 253 Å². The first-order valence-corrected chi connectivity index (χ1v) is 48.3. The van der Waals surface area contributed by atoms with Crippen LogP contribution in [0.5, 0.6) is 23.0 Å². The van der Waals surface area contributed by atoms with Gasteiger partial charge in [-0.25, -0.2) is 0 Å². The highest BCUT2D eigenvalue weighted by molar-refractivity contribution is 8.01. The molecule has 6 atom stereocenters. The molecule has 6 aromatic carbocycles. The van der Waals surface area contributed by atoms with Gasteiger partial charge >= 0.3 is 0 Å². The van der Waals surface area contributed by atoms with E-state index in [9.17, 15) is 48.6 Å². The second-order valence-corrected chi connectivity index (χ2v) is 41.3. The number of unbranched alkanes of at least 4 members (excludes halogenated alkanes) is 6. The Labute approximate surface area is 774 Å². The summed E-state index contributed by atoms with van der Waals surface area (Å²) in [5.74, 6) is -1.98. The zero-order valence-electron chi connectivity index (χ0n) is 77.1. The van der Waals surface area contributed by atoms with Gasteiger partial charge in [-0.05, 0) is 244 Å². The number of nitrogens with two attached hydrogens (primary N) is 8. The van der Waals surface area contributed by atoms with E-state index >= 15 is 0 Å². The number of hydrogen-bond donors (Lipinski definition) is 18. The maximum absolute atomic E-state index is 13.8. The second-order valence-electron chi connectivity index (χ2n) is 37.0. The molecular formula is C96H144N16O12S4. The van der Waals surface area contributed by atoms with Crippen molar-refractivity contribution >= 4 is 94.3 Å². The van der Waals surface area contributed by atoms with Crippen LogP contribution in [0.15, 0.2) is 136 Å². The van der Waals surface area contributed by atoms with Crippen molar-refractivity contribution in [1.82, 2.24) is 42.5 Å². The zero-order valence-corrected chi connectivity index (χ0v) is 80.4. The van der Waals surface area contributed by atoms with Crippen LogP contribution < -0.4 is 97.9 Å². The first kappa shape index (κ1) is 106. The van der Waals surface area contributed by atoms with Crippen LogP contribution >= 0.6 is 47.0 Å². The number of hydrogen-bond acceptors (Lipinski definition) is 24. The van der Waals surface area contributed by atoms with Gasteiger partial charge in [-0.15, -0.1) is 0 Å². The fourth-order valence-corrected chi connectivity index (χ4v) is 18.3. The SMILES string of the molecule is CC(C)(C)c1cc2c(O)c(c1)Sc1cc(C(C)(C)C)cc(c1OCc1ccc(C(=O)NCCNC(=O)C(CCCCNC(=O)C(N)CCCCN)NC(=O)C(N)CCCCN)cc1)Sc1cc(C(C)(C)C)cc(c1O)Sc1cc(C(C)(C)C)cc(c1OCc1ccc(C(=O)NCCNC(=O)C(CCCCNC(=O)C(N)CCCCN)NC(=O)C(N)CCCCN)cc1)S2. The second kappa shape index (κ2) is 51.8. The minimum atomic E-state index is -0.927. The molecule has 128 heavy (non-hydrogen) atoms. The monoisotopic (exact) mass is 1840 g/mol. The van der Waals surface area contributed by atoms with E-state index in [0.717, 1.165) is 59.1 Å². The third-order valence-electron chi connectivity index (χ3n) is 22.0. The van der Waals surface area contributed by atoms with Gasteiger partial charge in [0.1, 0.15) is 48.3 Å². The van der Waals surface area contributed by atoms with Crippen LogP contribution in [0.4, 0.5) is 0 Å². The van der Waals surface area contributed by atoms with Crippen molar-refractivity contribution in [3.05, 3.63) is 142 Å². The number of carbonyl (C=O) groups excluding carboxylic acids is 8. The molecule has 1 aliphatic heterocycles. The fourth-order valence-electron chi connectivity index (χ4n) is 13.7. The van der Waals surface area contributed by atoms with Crippen LogP contribution in [-0.2, 0) is 63.6 Å². The molecule has 7 rings (SSSR count). The van der Waals surface area contributed by atoms with Gasteiger partial charge in [-0.2, -0.15) is 0 Å². The van der Waals surface area contributed by atoms with Crippen molar-refractivity contribution in [3.63, 3.8) is 0 Å². The minimum absolute atomic E-state index is 0.0450. The number of ether oxygens (including phenoxy) is 2. The Hall–Kier alpha value is -8.64. The molecule has 28 nitrogen and oxygen atoms in total. The van der Waals surface area contributed by atoms with E-state index in [4.69, 9.17) is 55.3 Å². The summed E-state index contributed by atoms with van der Waals surface area (Å²) in [4.78, 5) is 112. The highest BCUT2D eigenvalue weighted by Crippen LogP contribution is 2.56. The van der Waals surface area contributed by atoms with Gasteiger partial charge < -0.3 is 108 Å².